The second kappa shape index (κ2) is 11.4. The van der Waals surface area contributed by atoms with Crippen LogP contribution in [-0.2, 0) is 12.5 Å². The molecular weight excluding hydrogens is 532 g/mol. The Labute approximate surface area is 243 Å². The molecule has 0 spiro atoms. The fraction of sp³-hybridized carbons (Fsp3) is 0.265. The van der Waals surface area contributed by atoms with Crippen molar-refractivity contribution in [3.63, 3.8) is 0 Å². The van der Waals surface area contributed by atoms with Gasteiger partial charge in [0, 0.05) is 54.1 Å². The first-order valence-electron chi connectivity index (χ1n) is 14.3. The number of anilines is 3. The summed E-state index contributed by atoms with van der Waals surface area (Å²) in [6, 6.07) is 25.5. The summed E-state index contributed by atoms with van der Waals surface area (Å²) in [4.78, 5) is 25.6. The molecule has 5 aromatic rings. The van der Waals surface area contributed by atoms with Crippen LogP contribution >= 0.6 is 0 Å². The van der Waals surface area contributed by atoms with Crippen LogP contribution in [0.3, 0.4) is 0 Å². The lowest BCUT2D eigenvalue weighted by Gasteiger charge is -2.32. The van der Waals surface area contributed by atoms with Gasteiger partial charge in [-0.15, -0.1) is 0 Å². The van der Waals surface area contributed by atoms with Gasteiger partial charge in [0.15, 0.2) is 0 Å². The van der Waals surface area contributed by atoms with Crippen molar-refractivity contribution in [2.24, 2.45) is 5.92 Å². The van der Waals surface area contributed by atoms with Crippen molar-refractivity contribution in [3.8, 4) is 11.1 Å². The van der Waals surface area contributed by atoms with E-state index in [-0.39, 0.29) is 17.7 Å². The van der Waals surface area contributed by atoms with E-state index in [1.807, 2.05) is 42.5 Å². The van der Waals surface area contributed by atoms with Crippen LogP contribution in [0.1, 0.15) is 37.8 Å². The van der Waals surface area contributed by atoms with Crippen molar-refractivity contribution in [1.82, 2.24) is 14.5 Å². The number of rotatable bonds is 7. The number of alkyl halides is 2. The van der Waals surface area contributed by atoms with Crippen LogP contribution in [0.5, 0.6) is 0 Å². The van der Waals surface area contributed by atoms with E-state index in [9.17, 15) is 13.6 Å². The standard InChI is InChI=1S/C34H33F2N5O/c1-23-16-18-40(19-17-23)28-14-12-27(13-15-28)38-33-37-21-26-20-29(24-8-4-3-5-9-24)32(42)41(31(26)39-33)22-25-10-6-7-11-30(25)34(2,35)36/h3-15,20-21,23H,16-19,22H2,1-2H3,(H,37,38,39). The Morgan fingerprint density at radius 1 is 0.952 bits per heavy atom. The molecule has 1 N–H and O–H groups in total. The molecule has 0 amide bonds. The summed E-state index contributed by atoms with van der Waals surface area (Å²) < 4.78 is 30.5. The zero-order valence-corrected chi connectivity index (χ0v) is 23.7. The Bertz CT molecular complexity index is 1760. The average Bonchev–Trinajstić information content (AvgIpc) is 2.99. The summed E-state index contributed by atoms with van der Waals surface area (Å²) in [6.45, 7) is 5.21. The second-order valence-electron chi connectivity index (χ2n) is 11.2. The van der Waals surface area contributed by atoms with Gasteiger partial charge in [-0.1, -0.05) is 61.5 Å². The first-order chi connectivity index (χ1) is 20.3. The van der Waals surface area contributed by atoms with Crippen molar-refractivity contribution in [3.05, 3.63) is 113 Å². The maximum Gasteiger partial charge on any atom is 0.270 e. The van der Waals surface area contributed by atoms with Crippen molar-refractivity contribution >= 4 is 28.4 Å². The van der Waals surface area contributed by atoms with E-state index in [1.165, 1.54) is 29.2 Å². The monoisotopic (exact) mass is 565 g/mol. The lowest BCUT2D eigenvalue weighted by atomic mass is 9.99. The number of nitrogens with one attached hydrogen (secondary N) is 1. The Morgan fingerprint density at radius 2 is 1.64 bits per heavy atom. The maximum absolute atomic E-state index is 14.5. The molecule has 2 aromatic heterocycles. The van der Waals surface area contributed by atoms with E-state index < -0.39 is 5.92 Å². The predicted octanol–water partition coefficient (Wildman–Crippen LogP) is 7.60. The molecule has 6 nitrogen and oxygen atoms in total. The van der Waals surface area contributed by atoms with Crippen LogP contribution in [-0.4, -0.2) is 27.6 Å². The molecule has 214 valence electrons. The van der Waals surface area contributed by atoms with Gasteiger partial charge in [-0.25, -0.2) is 13.8 Å². The summed E-state index contributed by atoms with van der Waals surface area (Å²) >= 11 is 0. The molecule has 6 rings (SSSR count). The second-order valence-corrected chi connectivity index (χ2v) is 11.2. The lowest BCUT2D eigenvalue weighted by molar-refractivity contribution is 0.0164. The first kappa shape index (κ1) is 27.6. The van der Waals surface area contributed by atoms with Crippen LogP contribution in [0.25, 0.3) is 22.2 Å². The minimum absolute atomic E-state index is 0.0603. The zero-order valence-electron chi connectivity index (χ0n) is 23.7. The predicted molar refractivity (Wildman–Crippen MR) is 165 cm³/mol. The third-order valence-electron chi connectivity index (χ3n) is 8.00. The van der Waals surface area contributed by atoms with Gasteiger partial charge < -0.3 is 10.2 Å². The van der Waals surface area contributed by atoms with Gasteiger partial charge in [0.05, 0.1) is 6.54 Å². The van der Waals surface area contributed by atoms with E-state index >= 15 is 0 Å². The van der Waals surface area contributed by atoms with Crippen molar-refractivity contribution in [2.45, 2.75) is 39.2 Å². The topological polar surface area (TPSA) is 63.1 Å². The molecule has 0 saturated carbocycles. The quantitative estimate of drug-likeness (QED) is 0.220. The highest BCUT2D eigenvalue weighted by Gasteiger charge is 2.27. The normalized spacial score (nSPS) is 14.3. The van der Waals surface area contributed by atoms with Gasteiger partial charge in [-0.05, 0) is 60.2 Å². The van der Waals surface area contributed by atoms with Crippen LogP contribution in [0.4, 0.5) is 26.1 Å². The molecule has 1 saturated heterocycles. The highest BCUT2D eigenvalue weighted by Crippen LogP contribution is 2.31. The number of nitrogens with zero attached hydrogens (tertiary/aromatic N) is 4. The highest BCUT2D eigenvalue weighted by molar-refractivity contribution is 5.82. The van der Waals surface area contributed by atoms with Gasteiger partial charge in [-0.3, -0.25) is 9.36 Å². The van der Waals surface area contributed by atoms with E-state index in [1.54, 1.807) is 30.5 Å². The summed E-state index contributed by atoms with van der Waals surface area (Å²) in [5.41, 5.74) is 3.47. The van der Waals surface area contributed by atoms with E-state index in [2.05, 4.69) is 34.3 Å². The molecule has 1 fully saturated rings. The molecule has 8 heteroatoms. The zero-order chi connectivity index (χ0) is 29.3. The molecular formula is C34H33F2N5O. The van der Waals surface area contributed by atoms with Crippen molar-refractivity contribution in [2.75, 3.05) is 23.3 Å². The van der Waals surface area contributed by atoms with E-state index in [0.29, 0.717) is 28.1 Å². The molecule has 0 atom stereocenters. The van der Waals surface area contributed by atoms with Crippen LogP contribution in [0.2, 0.25) is 0 Å². The Kier molecular flexibility index (Phi) is 7.45. The van der Waals surface area contributed by atoms with Crippen LogP contribution in [0, 0.1) is 5.92 Å². The fourth-order valence-corrected chi connectivity index (χ4v) is 5.60. The first-order valence-corrected chi connectivity index (χ1v) is 14.3. The van der Waals surface area contributed by atoms with Gasteiger partial charge in [-0.2, -0.15) is 4.98 Å². The fourth-order valence-electron chi connectivity index (χ4n) is 5.60. The Hall–Kier alpha value is -4.59. The number of fused-ring (bicyclic) bond motifs is 1. The van der Waals surface area contributed by atoms with Crippen molar-refractivity contribution in [1.29, 1.82) is 0 Å². The third kappa shape index (κ3) is 5.75. The van der Waals surface area contributed by atoms with Gasteiger partial charge in [0.1, 0.15) is 5.65 Å². The number of benzene rings is 3. The molecule has 42 heavy (non-hydrogen) atoms. The molecule has 3 aromatic carbocycles. The minimum Gasteiger partial charge on any atom is -0.372 e. The van der Waals surface area contributed by atoms with Gasteiger partial charge in [0.2, 0.25) is 5.95 Å². The highest BCUT2D eigenvalue weighted by atomic mass is 19.3. The van der Waals surface area contributed by atoms with Gasteiger partial charge >= 0.3 is 0 Å². The lowest BCUT2D eigenvalue weighted by Crippen LogP contribution is -2.32. The maximum atomic E-state index is 14.5. The van der Waals surface area contributed by atoms with Crippen LogP contribution in [0.15, 0.2) is 95.9 Å². The molecule has 0 bridgehead atoms. The number of pyridine rings is 1. The van der Waals surface area contributed by atoms with Crippen LogP contribution < -0.4 is 15.8 Å². The van der Waals surface area contributed by atoms with E-state index in [0.717, 1.165) is 37.2 Å². The molecule has 0 unspecified atom stereocenters. The van der Waals surface area contributed by atoms with Gasteiger partial charge in [0.25, 0.3) is 11.5 Å². The molecule has 0 radical (unpaired) electrons. The summed E-state index contributed by atoms with van der Waals surface area (Å²) in [7, 11) is 0. The Balaban J connectivity index is 1.38. The third-order valence-corrected chi connectivity index (χ3v) is 8.00. The molecule has 3 heterocycles. The molecule has 1 aliphatic heterocycles. The molecule has 0 aliphatic carbocycles. The number of hydrogen-bond donors (Lipinski definition) is 1. The number of halogens is 2. The number of piperidine rings is 1. The number of hydrogen-bond acceptors (Lipinski definition) is 5. The smallest absolute Gasteiger partial charge is 0.270 e. The SMILES string of the molecule is CC1CCN(c2ccc(Nc3ncc4cc(-c5ccccc5)c(=O)n(Cc5ccccc5C(C)(F)F)c4n3)cc2)CC1. The Morgan fingerprint density at radius 3 is 2.36 bits per heavy atom. The average molecular weight is 566 g/mol. The largest absolute Gasteiger partial charge is 0.372 e. The molecule has 1 aliphatic rings. The summed E-state index contributed by atoms with van der Waals surface area (Å²) in [5, 5.41) is 3.88. The van der Waals surface area contributed by atoms with Crippen molar-refractivity contribution < 1.29 is 8.78 Å². The summed E-state index contributed by atoms with van der Waals surface area (Å²) in [6.07, 6.45) is 4.05. The summed E-state index contributed by atoms with van der Waals surface area (Å²) in [5.74, 6) is -1.98. The minimum atomic E-state index is -3.06. The van der Waals surface area contributed by atoms with E-state index in [4.69, 9.17) is 4.98 Å². The number of aromatic nitrogens is 3.